The van der Waals surface area contributed by atoms with Crippen molar-refractivity contribution in [3.63, 3.8) is 0 Å². The van der Waals surface area contributed by atoms with Crippen molar-refractivity contribution in [3.05, 3.63) is 35.6 Å². The summed E-state index contributed by atoms with van der Waals surface area (Å²) in [6.07, 6.45) is 1.72. The van der Waals surface area contributed by atoms with E-state index in [1.165, 1.54) is 24.3 Å². The Morgan fingerprint density at radius 2 is 1.95 bits per heavy atom. The summed E-state index contributed by atoms with van der Waals surface area (Å²) in [4.78, 5) is 14.2. The highest BCUT2D eigenvalue weighted by Gasteiger charge is 2.22. The number of carbonyl (C=O) groups is 1. The molecule has 1 amide bonds. The van der Waals surface area contributed by atoms with E-state index in [0.29, 0.717) is 5.56 Å². The molecule has 1 fully saturated rings. The maximum absolute atomic E-state index is 12.8. The summed E-state index contributed by atoms with van der Waals surface area (Å²) in [5, 5.41) is 6.91. The smallest absolute Gasteiger partial charge is 0.251 e. The van der Waals surface area contributed by atoms with Crippen LogP contribution in [0.25, 0.3) is 0 Å². The van der Waals surface area contributed by atoms with E-state index < -0.39 is 0 Å². The monoisotopic (exact) mass is 309 g/mol. The van der Waals surface area contributed by atoms with Crippen molar-refractivity contribution in [1.29, 1.82) is 0 Å². The van der Waals surface area contributed by atoms with Crippen LogP contribution in [0.5, 0.6) is 0 Å². The normalized spacial score (nSPS) is 15.6. The number of hydrogen-bond acceptors (Lipinski definition) is 2. The average molecular weight is 309 g/mol. The van der Waals surface area contributed by atoms with Gasteiger partial charge in [-0.15, -0.1) is 0 Å². The summed E-state index contributed by atoms with van der Waals surface area (Å²) >= 11 is 5.28. The fourth-order valence-corrected chi connectivity index (χ4v) is 2.69. The second kappa shape index (κ2) is 7.36. The largest absolute Gasteiger partial charge is 0.363 e. The zero-order valence-corrected chi connectivity index (χ0v) is 12.9. The molecule has 0 spiro atoms. The number of carbonyl (C=O) groups excluding carboxylic acids is 1. The molecule has 0 radical (unpaired) electrons. The Hall–Kier alpha value is -1.69. The molecule has 0 unspecified atom stereocenters. The van der Waals surface area contributed by atoms with Gasteiger partial charge < -0.3 is 15.5 Å². The summed E-state index contributed by atoms with van der Waals surface area (Å²) < 4.78 is 12.8. The molecular formula is C15H20FN3OS. The number of rotatable bonds is 3. The molecule has 0 aromatic heterocycles. The summed E-state index contributed by atoms with van der Waals surface area (Å²) in [7, 11) is 0. The van der Waals surface area contributed by atoms with Gasteiger partial charge in [0.1, 0.15) is 5.82 Å². The number of likely N-dealkylation sites (tertiary alicyclic amines) is 1. The minimum atomic E-state index is -0.336. The van der Waals surface area contributed by atoms with Crippen LogP contribution in [0.3, 0.4) is 0 Å². The molecule has 1 aliphatic heterocycles. The van der Waals surface area contributed by atoms with Crippen molar-refractivity contribution in [2.75, 3.05) is 19.6 Å². The van der Waals surface area contributed by atoms with Gasteiger partial charge in [0.05, 0.1) is 0 Å². The summed E-state index contributed by atoms with van der Waals surface area (Å²) in [5.74, 6) is -0.487. The third-order valence-electron chi connectivity index (χ3n) is 3.55. The number of halogens is 1. The van der Waals surface area contributed by atoms with Crippen LogP contribution in [0, 0.1) is 5.82 Å². The highest BCUT2D eigenvalue weighted by atomic mass is 32.1. The fourth-order valence-electron chi connectivity index (χ4n) is 2.36. The molecule has 6 heteroatoms. The Morgan fingerprint density at radius 3 is 2.52 bits per heavy atom. The van der Waals surface area contributed by atoms with E-state index in [0.717, 1.165) is 37.6 Å². The van der Waals surface area contributed by atoms with Crippen LogP contribution in [0.1, 0.15) is 30.1 Å². The lowest BCUT2D eigenvalue weighted by Crippen LogP contribution is -2.49. The second-order valence-electron chi connectivity index (χ2n) is 5.08. The molecule has 21 heavy (non-hydrogen) atoms. The van der Waals surface area contributed by atoms with E-state index in [4.69, 9.17) is 12.2 Å². The van der Waals surface area contributed by atoms with E-state index >= 15 is 0 Å². The lowest BCUT2D eigenvalue weighted by atomic mass is 10.0. The molecule has 0 bridgehead atoms. The number of piperidine rings is 1. The van der Waals surface area contributed by atoms with E-state index in [1.807, 2.05) is 6.92 Å². The third-order valence-corrected chi connectivity index (χ3v) is 3.95. The Kier molecular flexibility index (Phi) is 5.50. The highest BCUT2D eigenvalue weighted by molar-refractivity contribution is 7.80. The van der Waals surface area contributed by atoms with Gasteiger partial charge in [0.25, 0.3) is 5.91 Å². The molecule has 1 aromatic carbocycles. The van der Waals surface area contributed by atoms with Crippen LogP contribution in [-0.2, 0) is 0 Å². The van der Waals surface area contributed by atoms with Crippen LogP contribution in [0.4, 0.5) is 4.39 Å². The molecule has 1 saturated heterocycles. The van der Waals surface area contributed by atoms with E-state index in [2.05, 4.69) is 15.5 Å². The highest BCUT2D eigenvalue weighted by Crippen LogP contribution is 2.12. The third kappa shape index (κ3) is 4.39. The predicted octanol–water partition coefficient (Wildman–Crippen LogP) is 1.91. The molecule has 1 aliphatic rings. The SMILES string of the molecule is CCNC(=S)N1CCC(NC(=O)c2ccc(F)cc2)CC1. The number of thiocarbonyl (C=S) groups is 1. The van der Waals surface area contributed by atoms with Crippen molar-refractivity contribution in [3.8, 4) is 0 Å². The zero-order chi connectivity index (χ0) is 15.2. The van der Waals surface area contributed by atoms with Crippen LogP contribution < -0.4 is 10.6 Å². The lowest BCUT2D eigenvalue weighted by Gasteiger charge is -2.34. The number of nitrogens with zero attached hydrogens (tertiary/aromatic N) is 1. The Bertz CT molecular complexity index is 498. The second-order valence-corrected chi connectivity index (χ2v) is 5.46. The average Bonchev–Trinajstić information content (AvgIpc) is 2.49. The summed E-state index contributed by atoms with van der Waals surface area (Å²) in [6, 6.07) is 5.74. The van der Waals surface area contributed by atoms with Gasteiger partial charge in [-0.05, 0) is 56.2 Å². The molecule has 4 nitrogen and oxygen atoms in total. The van der Waals surface area contributed by atoms with Crippen molar-refractivity contribution < 1.29 is 9.18 Å². The first-order valence-electron chi connectivity index (χ1n) is 7.19. The van der Waals surface area contributed by atoms with Gasteiger partial charge in [-0.2, -0.15) is 0 Å². The summed E-state index contributed by atoms with van der Waals surface area (Å²) in [6.45, 7) is 4.50. The molecular weight excluding hydrogens is 289 g/mol. The molecule has 2 N–H and O–H groups in total. The first kappa shape index (κ1) is 15.7. The number of nitrogens with one attached hydrogen (secondary N) is 2. The Balaban J connectivity index is 1.82. The Morgan fingerprint density at radius 1 is 1.33 bits per heavy atom. The van der Waals surface area contributed by atoms with E-state index in [9.17, 15) is 9.18 Å². The van der Waals surface area contributed by atoms with Gasteiger partial charge in [-0.25, -0.2) is 4.39 Å². The minimum absolute atomic E-state index is 0.142. The van der Waals surface area contributed by atoms with Crippen LogP contribution >= 0.6 is 12.2 Å². The topological polar surface area (TPSA) is 44.4 Å². The van der Waals surface area contributed by atoms with Gasteiger partial charge in [0.2, 0.25) is 0 Å². The van der Waals surface area contributed by atoms with Crippen molar-refractivity contribution >= 4 is 23.2 Å². The van der Waals surface area contributed by atoms with Crippen LogP contribution in [0.2, 0.25) is 0 Å². The molecule has 0 aliphatic carbocycles. The maximum atomic E-state index is 12.8. The van der Waals surface area contributed by atoms with Gasteiger partial charge in [0, 0.05) is 31.2 Å². The molecule has 2 rings (SSSR count). The van der Waals surface area contributed by atoms with Gasteiger partial charge in [0.15, 0.2) is 5.11 Å². The zero-order valence-electron chi connectivity index (χ0n) is 12.1. The Labute approximate surface area is 129 Å². The van der Waals surface area contributed by atoms with Crippen molar-refractivity contribution in [2.45, 2.75) is 25.8 Å². The van der Waals surface area contributed by atoms with Gasteiger partial charge >= 0.3 is 0 Å². The minimum Gasteiger partial charge on any atom is -0.363 e. The number of benzene rings is 1. The number of hydrogen-bond donors (Lipinski definition) is 2. The standard InChI is InChI=1S/C15H20FN3OS/c1-2-17-15(21)19-9-7-13(8-10-19)18-14(20)11-3-5-12(16)6-4-11/h3-6,13H,2,7-10H2,1H3,(H,17,21)(H,18,20). The predicted molar refractivity (Wildman–Crippen MR) is 84.7 cm³/mol. The van der Waals surface area contributed by atoms with Crippen molar-refractivity contribution in [2.24, 2.45) is 0 Å². The molecule has 1 aromatic rings. The van der Waals surface area contributed by atoms with Gasteiger partial charge in [-0.3, -0.25) is 4.79 Å². The van der Waals surface area contributed by atoms with Crippen LogP contribution in [-0.4, -0.2) is 41.6 Å². The fraction of sp³-hybridized carbons (Fsp3) is 0.467. The quantitative estimate of drug-likeness (QED) is 0.837. The van der Waals surface area contributed by atoms with Gasteiger partial charge in [-0.1, -0.05) is 0 Å². The molecule has 0 saturated carbocycles. The van der Waals surface area contributed by atoms with Crippen LogP contribution in [0.15, 0.2) is 24.3 Å². The molecule has 1 heterocycles. The first-order chi connectivity index (χ1) is 10.1. The maximum Gasteiger partial charge on any atom is 0.251 e. The summed E-state index contributed by atoms with van der Waals surface area (Å²) in [5.41, 5.74) is 0.488. The van der Waals surface area contributed by atoms with Crippen molar-refractivity contribution in [1.82, 2.24) is 15.5 Å². The lowest BCUT2D eigenvalue weighted by molar-refractivity contribution is 0.0922. The molecule has 114 valence electrons. The van der Waals surface area contributed by atoms with E-state index in [-0.39, 0.29) is 17.8 Å². The van der Waals surface area contributed by atoms with E-state index in [1.54, 1.807) is 0 Å². The first-order valence-corrected chi connectivity index (χ1v) is 7.60. The number of amides is 1. The molecule has 0 atom stereocenters.